The van der Waals surface area contributed by atoms with E-state index in [1.807, 2.05) is 13.8 Å². The maximum absolute atomic E-state index is 12.2. The second kappa shape index (κ2) is 9.43. The van der Waals surface area contributed by atoms with Crippen molar-refractivity contribution in [3.63, 3.8) is 0 Å². The summed E-state index contributed by atoms with van der Waals surface area (Å²) in [5, 5.41) is 6.67. The summed E-state index contributed by atoms with van der Waals surface area (Å²) in [5.74, 6) is -0.0200. The summed E-state index contributed by atoms with van der Waals surface area (Å²) in [6, 6.07) is 6.63. The number of hydrogen-bond donors (Lipinski definition) is 1. The number of aryl methyl sites for hydroxylation is 2. The Morgan fingerprint density at radius 3 is 2.50 bits per heavy atom. The third-order valence-corrected chi connectivity index (χ3v) is 4.73. The van der Waals surface area contributed by atoms with Crippen LogP contribution in [-0.2, 0) is 20.9 Å². The van der Waals surface area contributed by atoms with Crippen LogP contribution in [-0.4, -0.2) is 54.1 Å². The lowest BCUT2D eigenvalue weighted by Crippen LogP contribution is -2.40. The molecule has 1 aliphatic carbocycles. The number of carbonyl (C=O) groups excluding carboxylic acids is 3. The van der Waals surface area contributed by atoms with Gasteiger partial charge < -0.3 is 24.2 Å². The molecule has 0 saturated heterocycles. The smallest absolute Gasteiger partial charge is 0.338 e. The molecule has 0 radical (unpaired) electrons. The van der Waals surface area contributed by atoms with E-state index in [4.69, 9.17) is 14.0 Å². The van der Waals surface area contributed by atoms with Gasteiger partial charge in [0.05, 0.1) is 23.4 Å². The zero-order valence-corrected chi connectivity index (χ0v) is 17.3. The Balaban J connectivity index is 1.43. The van der Waals surface area contributed by atoms with E-state index in [1.54, 1.807) is 24.3 Å². The summed E-state index contributed by atoms with van der Waals surface area (Å²) in [7, 11) is 1.49. The first-order valence-corrected chi connectivity index (χ1v) is 9.68. The number of carbonyl (C=O) groups is 3. The molecule has 2 aromatic rings. The Labute approximate surface area is 174 Å². The SMILES string of the molecule is Cc1noc(C)c1COc1ccc(C(=O)OCC(=O)N(C)CC(=O)NC2CC2)cc1. The second-order valence-electron chi connectivity index (χ2n) is 7.28. The molecule has 0 unspecified atom stereocenters. The second-order valence-corrected chi connectivity index (χ2v) is 7.28. The fraction of sp³-hybridized carbons (Fsp3) is 0.429. The summed E-state index contributed by atoms with van der Waals surface area (Å²) >= 11 is 0. The largest absolute Gasteiger partial charge is 0.489 e. The molecule has 3 rings (SSSR count). The van der Waals surface area contributed by atoms with Crippen LogP contribution in [0.2, 0.25) is 0 Å². The Morgan fingerprint density at radius 1 is 1.20 bits per heavy atom. The summed E-state index contributed by atoms with van der Waals surface area (Å²) in [5.41, 5.74) is 1.95. The molecule has 1 fully saturated rings. The number of likely N-dealkylation sites (N-methyl/N-ethyl adjacent to an activating group) is 1. The number of benzene rings is 1. The molecule has 160 valence electrons. The highest BCUT2D eigenvalue weighted by molar-refractivity contribution is 5.92. The van der Waals surface area contributed by atoms with Gasteiger partial charge >= 0.3 is 5.97 Å². The van der Waals surface area contributed by atoms with Gasteiger partial charge in [0.2, 0.25) is 5.91 Å². The van der Waals surface area contributed by atoms with Crippen LogP contribution in [0.3, 0.4) is 0 Å². The van der Waals surface area contributed by atoms with Gasteiger partial charge in [0.25, 0.3) is 5.91 Å². The molecule has 2 amide bonds. The molecule has 9 heteroatoms. The highest BCUT2D eigenvalue weighted by atomic mass is 16.5. The van der Waals surface area contributed by atoms with Gasteiger partial charge in [0.15, 0.2) is 6.61 Å². The van der Waals surface area contributed by atoms with Crippen molar-refractivity contribution in [2.24, 2.45) is 0 Å². The molecule has 1 heterocycles. The molecule has 0 bridgehead atoms. The van der Waals surface area contributed by atoms with Crippen molar-refractivity contribution in [2.45, 2.75) is 39.3 Å². The lowest BCUT2D eigenvalue weighted by Gasteiger charge is -2.16. The van der Waals surface area contributed by atoms with E-state index < -0.39 is 18.5 Å². The van der Waals surface area contributed by atoms with Crippen LogP contribution in [0.15, 0.2) is 28.8 Å². The molecule has 30 heavy (non-hydrogen) atoms. The Morgan fingerprint density at radius 2 is 1.90 bits per heavy atom. The summed E-state index contributed by atoms with van der Waals surface area (Å²) in [4.78, 5) is 37.2. The highest BCUT2D eigenvalue weighted by Gasteiger charge is 2.24. The monoisotopic (exact) mass is 415 g/mol. The Hall–Kier alpha value is -3.36. The van der Waals surface area contributed by atoms with E-state index in [0.29, 0.717) is 23.7 Å². The molecule has 1 aromatic heterocycles. The quantitative estimate of drug-likeness (QED) is 0.621. The molecule has 9 nitrogen and oxygen atoms in total. The normalized spacial score (nSPS) is 12.9. The average molecular weight is 415 g/mol. The number of ether oxygens (including phenoxy) is 2. The van der Waals surface area contributed by atoms with Crippen molar-refractivity contribution in [2.75, 3.05) is 20.2 Å². The van der Waals surface area contributed by atoms with Crippen LogP contribution in [0.4, 0.5) is 0 Å². The molecule has 0 spiro atoms. The zero-order valence-electron chi connectivity index (χ0n) is 17.3. The standard InChI is InChI=1S/C21H25N3O6/c1-13-18(14(2)30-23-13)11-28-17-8-4-15(5-9-17)21(27)29-12-20(26)24(3)10-19(25)22-16-6-7-16/h4-5,8-9,16H,6-7,10-12H2,1-3H3,(H,22,25). The van der Waals surface area contributed by atoms with E-state index in [9.17, 15) is 14.4 Å². The van der Waals surface area contributed by atoms with Crippen molar-refractivity contribution in [1.82, 2.24) is 15.4 Å². The predicted octanol–water partition coefficient (Wildman–Crippen LogP) is 1.76. The minimum atomic E-state index is -0.628. The topological polar surface area (TPSA) is 111 Å². The van der Waals surface area contributed by atoms with Crippen LogP contribution in [0.5, 0.6) is 5.75 Å². The van der Waals surface area contributed by atoms with Crippen molar-refractivity contribution in [1.29, 1.82) is 0 Å². The van der Waals surface area contributed by atoms with Crippen molar-refractivity contribution in [3.8, 4) is 5.75 Å². The van der Waals surface area contributed by atoms with Gasteiger partial charge in [0.1, 0.15) is 18.1 Å². The maximum atomic E-state index is 12.2. The van der Waals surface area contributed by atoms with E-state index in [0.717, 1.165) is 24.1 Å². The van der Waals surface area contributed by atoms with Crippen molar-refractivity contribution < 1.29 is 28.4 Å². The van der Waals surface area contributed by atoms with Crippen LogP contribution < -0.4 is 10.1 Å². The number of rotatable bonds is 9. The fourth-order valence-corrected chi connectivity index (χ4v) is 2.68. The molecule has 1 aromatic carbocycles. The van der Waals surface area contributed by atoms with Crippen LogP contribution in [0.25, 0.3) is 0 Å². The number of aromatic nitrogens is 1. The minimum Gasteiger partial charge on any atom is -0.489 e. The van der Waals surface area contributed by atoms with Crippen LogP contribution >= 0.6 is 0 Å². The third-order valence-electron chi connectivity index (χ3n) is 4.73. The summed E-state index contributed by atoms with van der Waals surface area (Å²) < 4.78 is 15.8. The number of nitrogens with one attached hydrogen (secondary N) is 1. The average Bonchev–Trinajstić information content (AvgIpc) is 3.48. The molecule has 1 N–H and O–H groups in total. The fourth-order valence-electron chi connectivity index (χ4n) is 2.68. The first-order chi connectivity index (χ1) is 14.3. The number of esters is 1. The van der Waals surface area contributed by atoms with Gasteiger partial charge in [-0.25, -0.2) is 4.79 Å². The lowest BCUT2D eigenvalue weighted by molar-refractivity contribution is -0.137. The van der Waals surface area contributed by atoms with Crippen LogP contribution in [0.1, 0.15) is 40.2 Å². The summed E-state index contributed by atoms with van der Waals surface area (Å²) in [6.07, 6.45) is 1.95. The lowest BCUT2D eigenvalue weighted by atomic mass is 10.2. The predicted molar refractivity (Wildman–Crippen MR) is 106 cm³/mol. The van der Waals surface area contributed by atoms with Crippen molar-refractivity contribution >= 4 is 17.8 Å². The maximum Gasteiger partial charge on any atom is 0.338 e. The molecule has 0 aliphatic heterocycles. The van der Waals surface area contributed by atoms with E-state index in [1.165, 1.54) is 11.9 Å². The Bertz CT molecular complexity index is 898. The molecular formula is C21H25N3O6. The molecule has 1 saturated carbocycles. The van der Waals surface area contributed by atoms with Crippen LogP contribution in [0, 0.1) is 13.8 Å². The van der Waals surface area contributed by atoms with Gasteiger partial charge in [0, 0.05) is 13.1 Å². The molecule has 1 aliphatic rings. The van der Waals surface area contributed by atoms with Gasteiger partial charge in [-0.1, -0.05) is 5.16 Å². The van der Waals surface area contributed by atoms with Gasteiger partial charge in [-0.3, -0.25) is 9.59 Å². The van der Waals surface area contributed by atoms with Gasteiger partial charge in [-0.2, -0.15) is 0 Å². The van der Waals surface area contributed by atoms with Gasteiger partial charge in [-0.15, -0.1) is 0 Å². The zero-order chi connectivity index (χ0) is 21.7. The highest BCUT2D eigenvalue weighted by Crippen LogP contribution is 2.19. The molecular weight excluding hydrogens is 390 g/mol. The number of hydrogen-bond acceptors (Lipinski definition) is 7. The van der Waals surface area contributed by atoms with E-state index in [2.05, 4.69) is 10.5 Å². The van der Waals surface area contributed by atoms with E-state index >= 15 is 0 Å². The third kappa shape index (κ3) is 5.82. The first kappa shape index (κ1) is 21.4. The number of amides is 2. The van der Waals surface area contributed by atoms with Gasteiger partial charge in [-0.05, 0) is 51.0 Å². The first-order valence-electron chi connectivity index (χ1n) is 9.68. The number of nitrogens with zero attached hydrogens (tertiary/aromatic N) is 2. The van der Waals surface area contributed by atoms with Crippen molar-refractivity contribution in [3.05, 3.63) is 46.8 Å². The minimum absolute atomic E-state index is 0.0654. The summed E-state index contributed by atoms with van der Waals surface area (Å²) in [6.45, 7) is 3.46. The van der Waals surface area contributed by atoms with E-state index in [-0.39, 0.29) is 18.5 Å². The Kier molecular flexibility index (Phi) is 6.71. The molecule has 0 atom stereocenters.